The van der Waals surface area contributed by atoms with Crippen LogP contribution in [0.25, 0.3) is 0 Å². The van der Waals surface area contributed by atoms with Crippen LogP contribution in [-0.4, -0.2) is 19.0 Å². The zero-order valence-corrected chi connectivity index (χ0v) is 18.3. The van der Waals surface area contributed by atoms with Crippen molar-refractivity contribution in [1.29, 1.82) is 0 Å². The number of hydrogen-bond acceptors (Lipinski definition) is 2. The van der Waals surface area contributed by atoms with Gasteiger partial charge < -0.3 is 9.47 Å². The molecule has 2 atom stereocenters. The second-order valence-corrected chi connectivity index (χ2v) is 10.4. The molecule has 4 aliphatic rings. The molecular weight excluding hydrogens is 344 g/mol. The van der Waals surface area contributed by atoms with Gasteiger partial charge in [-0.3, -0.25) is 0 Å². The minimum absolute atomic E-state index is 0.0875. The molecule has 0 bridgehead atoms. The molecule has 0 aromatic rings. The van der Waals surface area contributed by atoms with Crippen molar-refractivity contribution >= 4 is 0 Å². The average Bonchev–Trinajstić information content (AvgIpc) is 3.23. The molecule has 28 heavy (non-hydrogen) atoms. The van der Waals surface area contributed by atoms with E-state index < -0.39 is 0 Å². The van der Waals surface area contributed by atoms with Gasteiger partial charge in [0, 0.05) is 13.0 Å². The van der Waals surface area contributed by atoms with E-state index in [1.165, 1.54) is 83.5 Å². The standard InChI is InChI=1S/C26H44O2/c1-3-19-5-7-20(8-6-19)21-9-11-22(12-10-21)23-13-15-24(16-14-23)25-17-18-26(28-25)27-4-2/h3,19-26H,1,4-18H2,2H3. The summed E-state index contributed by atoms with van der Waals surface area (Å²) < 4.78 is 11.9. The molecule has 0 amide bonds. The van der Waals surface area contributed by atoms with Crippen LogP contribution in [0.3, 0.4) is 0 Å². The second-order valence-electron chi connectivity index (χ2n) is 10.4. The zero-order chi connectivity index (χ0) is 19.3. The van der Waals surface area contributed by atoms with Gasteiger partial charge in [-0.15, -0.1) is 6.58 Å². The minimum Gasteiger partial charge on any atom is -0.353 e. The predicted octanol–water partition coefficient (Wildman–Crippen LogP) is 7.13. The largest absolute Gasteiger partial charge is 0.353 e. The second kappa shape index (κ2) is 10.1. The van der Waals surface area contributed by atoms with Crippen LogP contribution in [0.4, 0.5) is 0 Å². The molecule has 0 aromatic heterocycles. The van der Waals surface area contributed by atoms with E-state index in [1.807, 2.05) is 0 Å². The minimum atomic E-state index is 0.0875. The van der Waals surface area contributed by atoms with Crippen molar-refractivity contribution in [3.63, 3.8) is 0 Å². The highest BCUT2D eigenvalue weighted by atomic mass is 16.7. The van der Waals surface area contributed by atoms with Gasteiger partial charge >= 0.3 is 0 Å². The molecule has 0 radical (unpaired) electrons. The maximum atomic E-state index is 6.19. The van der Waals surface area contributed by atoms with Gasteiger partial charge in [0.05, 0.1) is 6.10 Å². The molecule has 2 unspecified atom stereocenters. The molecule has 2 heteroatoms. The summed E-state index contributed by atoms with van der Waals surface area (Å²) >= 11 is 0. The van der Waals surface area contributed by atoms with Crippen LogP contribution in [0.2, 0.25) is 0 Å². The van der Waals surface area contributed by atoms with Crippen molar-refractivity contribution in [2.45, 2.75) is 109 Å². The Morgan fingerprint density at radius 3 is 1.61 bits per heavy atom. The number of hydrogen-bond donors (Lipinski definition) is 0. The summed E-state index contributed by atoms with van der Waals surface area (Å²) in [5, 5.41) is 0. The quantitative estimate of drug-likeness (QED) is 0.450. The molecule has 2 nitrogen and oxygen atoms in total. The molecule has 3 saturated carbocycles. The molecule has 0 spiro atoms. The SMILES string of the molecule is C=CC1CCC(C2CCC(C3CCC(C4CCC(OCC)O4)CC3)CC2)CC1. The Bertz CT molecular complexity index is 465. The highest BCUT2D eigenvalue weighted by molar-refractivity contribution is 4.90. The number of rotatable bonds is 6. The maximum absolute atomic E-state index is 6.19. The van der Waals surface area contributed by atoms with Gasteiger partial charge in [0.1, 0.15) is 0 Å². The van der Waals surface area contributed by atoms with Crippen molar-refractivity contribution in [3.8, 4) is 0 Å². The molecule has 0 N–H and O–H groups in total. The average molecular weight is 389 g/mol. The van der Waals surface area contributed by atoms with Crippen LogP contribution in [0.1, 0.15) is 96.8 Å². The van der Waals surface area contributed by atoms with Gasteiger partial charge in [-0.2, -0.15) is 0 Å². The summed E-state index contributed by atoms with van der Waals surface area (Å²) in [6, 6.07) is 0. The summed E-state index contributed by atoms with van der Waals surface area (Å²) in [6.07, 6.45) is 22.7. The Labute approximate surface area is 173 Å². The third kappa shape index (κ3) is 5.04. The number of ether oxygens (including phenoxy) is 2. The molecule has 160 valence electrons. The molecular formula is C26H44O2. The number of allylic oxidation sites excluding steroid dienone is 1. The lowest BCUT2D eigenvalue weighted by Gasteiger charge is -2.41. The van der Waals surface area contributed by atoms with Gasteiger partial charge in [0.15, 0.2) is 6.29 Å². The van der Waals surface area contributed by atoms with Crippen LogP contribution < -0.4 is 0 Å². The predicted molar refractivity (Wildman–Crippen MR) is 116 cm³/mol. The smallest absolute Gasteiger partial charge is 0.158 e. The van der Waals surface area contributed by atoms with E-state index in [4.69, 9.17) is 9.47 Å². The van der Waals surface area contributed by atoms with E-state index in [9.17, 15) is 0 Å². The third-order valence-corrected chi connectivity index (χ3v) is 9.01. The van der Waals surface area contributed by atoms with Gasteiger partial charge in [0.25, 0.3) is 0 Å². The van der Waals surface area contributed by atoms with Crippen LogP contribution >= 0.6 is 0 Å². The van der Waals surface area contributed by atoms with Gasteiger partial charge in [-0.05, 0) is 126 Å². The van der Waals surface area contributed by atoms with E-state index in [-0.39, 0.29) is 6.29 Å². The molecule has 4 fully saturated rings. The lowest BCUT2D eigenvalue weighted by atomic mass is 9.64. The zero-order valence-electron chi connectivity index (χ0n) is 18.3. The first kappa shape index (κ1) is 20.9. The van der Waals surface area contributed by atoms with Crippen LogP contribution in [0, 0.1) is 35.5 Å². The van der Waals surface area contributed by atoms with Crippen molar-refractivity contribution in [2.75, 3.05) is 6.61 Å². The summed E-state index contributed by atoms with van der Waals surface area (Å²) in [7, 11) is 0. The lowest BCUT2D eigenvalue weighted by Crippen LogP contribution is -2.32. The van der Waals surface area contributed by atoms with E-state index in [1.54, 1.807) is 0 Å². The first-order chi connectivity index (χ1) is 13.8. The third-order valence-electron chi connectivity index (χ3n) is 9.01. The van der Waals surface area contributed by atoms with Gasteiger partial charge in [-0.1, -0.05) is 6.08 Å². The lowest BCUT2D eigenvalue weighted by molar-refractivity contribution is -0.143. The van der Waals surface area contributed by atoms with Crippen LogP contribution in [0.5, 0.6) is 0 Å². The summed E-state index contributed by atoms with van der Waals surface area (Å²) in [5.41, 5.74) is 0. The molecule has 1 aliphatic heterocycles. The Morgan fingerprint density at radius 2 is 1.14 bits per heavy atom. The van der Waals surface area contributed by atoms with Gasteiger partial charge in [0.2, 0.25) is 0 Å². The van der Waals surface area contributed by atoms with Crippen LogP contribution in [0.15, 0.2) is 12.7 Å². The van der Waals surface area contributed by atoms with Crippen molar-refractivity contribution in [3.05, 3.63) is 12.7 Å². The molecule has 1 heterocycles. The highest BCUT2D eigenvalue weighted by Crippen LogP contribution is 2.47. The molecule has 1 saturated heterocycles. The van der Waals surface area contributed by atoms with E-state index in [0.717, 1.165) is 48.5 Å². The normalized spacial score (nSPS) is 45.0. The fraction of sp³-hybridized carbons (Fsp3) is 0.923. The summed E-state index contributed by atoms with van der Waals surface area (Å²) in [5.74, 6) is 5.74. The summed E-state index contributed by atoms with van der Waals surface area (Å²) in [4.78, 5) is 0. The van der Waals surface area contributed by atoms with E-state index >= 15 is 0 Å². The first-order valence-corrected chi connectivity index (χ1v) is 12.7. The van der Waals surface area contributed by atoms with Crippen LogP contribution in [-0.2, 0) is 9.47 Å². The van der Waals surface area contributed by atoms with Crippen molar-refractivity contribution in [1.82, 2.24) is 0 Å². The Morgan fingerprint density at radius 1 is 0.679 bits per heavy atom. The Kier molecular flexibility index (Phi) is 7.55. The molecule has 4 rings (SSSR count). The maximum Gasteiger partial charge on any atom is 0.158 e. The summed E-state index contributed by atoms with van der Waals surface area (Å²) in [6.45, 7) is 6.86. The van der Waals surface area contributed by atoms with E-state index in [2.05, 4.69) is 19.6 Å². The molecule has 3 aliphatic carbocycles. The Hall–Kier alpha value is -0.340. The Balaban J connectivity index is 1.16. The molecule has 0 aromatic carbocycles. The topological polar surface area (TPSA) is 18.5 Å². The first-order valence-electron chi connectivity index (χ1n) is 12.7. The fourth-order valence-electron chi connectivity index (χ4n) is 7.21. The van der Waals surface area contributed by atoms with Crippen molar-refractivity contribution in [2.24, 2.45) is 35.5 Å². The monoisotopic (exact) mass is 388 g/mol. The fourth-order valence-corrected chi connectivity index (χ4v) is 7.21. The van der Waals surface area contributed by atoms with E-state index in [0.29, 0.717) is 6.10 Å². The van der Waals surface area contributed by atoms with Gasteiger partial charge in [-0.25, -0.2) is 0 Å². The van der Waals surface area contributed by atoms with Crippen molar-refractivity contribution < 1.29 is 9.47 Å². The highest BCUT2D eigenvalue weighted by Gasteiger charge is 2.38.